The number of nitrogens with zero attached hydrogens (tertiary/aromatic N) is 2. The maximum absolute atomic E-state index is 12.3. The first-order chi connectivity index (χ1) is 17.3. The highest BCUT2D eigenvalue weighted by Gasteiger charge is 2.27. The molecule has 1 heterocycles. The second-order valence-corrected chi connectivity index (χ2v) is 9.07. The third kappa shape index (κ3) is 6.04. The predicted molar refractivity (Wildman–Crippen MR) is 134 cm³/mol. The van der Waals surface area contributed by atoms with Gasteiger partial charge in [-0.3, -0.25) is 4.57 Å². The van der Waals surface area contributed by atoms with Crippen molar-refractivity contribution < 1.29 is 18.0 Å². The summed E-state index contributed by atoms with van der Waals surface area (Å²) in [6.45, 7) is 0.523. The van der Waals surface area contributed by atoms with Gasteiger partial charge in [0.15, 0.2) is 0 Å². The van der Waals surface area contributed by atoms with Crippen molar-refractivity contribution in [2.24, 2.45) is 5.92 Å². The summed E-state index contributed by atoms with van der Waals surface area (Å²) in [6, 6.07) is 20.5. The first-order valence-electron chi connectivity index (χ1n) is 11.8. The summed E-state index contributed by atoms with van der Waals surface area (Å²) >= 11 is 0. The molecule has 1 aliphatic carbocycles. The molecule has 1 saturated carbocycles. The maximum atomic E-state index is 12.3. The van der Waals surface area contributed by atoms with Crippen molar-refractivity contribution in [2.75, 3.05) is 18.4 Å². The van der Waals surface area contributed by atoms with Crippen LogP contribution in [0.25, 0.3) is 27.8 Å². The molecule has 0 unspecified atom stereocenters. The number of halogens is 3. The van der Waals surface area contributed by atoms with Crippen LogP contribution in [0.2, 0.25) is 0 Å². The number of anilines is 1. The number of fused-ring (bicyclic) bond motifs is 1. The van der Waals surface area contributed by atoms with E-state index in [2.05, 4.69) is 39.9 Å². The van der Waals surface area contributed by atoms with E-state index in [0.29, 0.717) is 5.69 Å². The molecule has 1 fully saturated rings. The van der Waals surface area contributed by atoms with E-state index in [9.17, 15) is 18.0 Å². The topological polar surface area (TPSA) is 71.0 Å². The van der Waals surface area contributed by atoms with Crippen LogP contribution in [-0.2, 0) is 6.54 Å². The first-order valence-corrected chi connectivity index (χ1v) is 11.8. The minimum Gasteiger partial charge on any atom is -0.329 e. The van der Waals surface area contributed by atoms with Crippen LogP contribution < -0.4 is 16.0 Å². The average molecular weight is 494 g/mol. The second-order valence-electron chi connectivity index (χ2n) is 9.07. The number of carbonyl (C=O) groups excluding carboxylic acids is 1. The van der Waals surface area contributed by atoms with Crippen molar-refractivity contribution >= 4 is 22.8 Å². The predicted octanol–water partition coefficient (Wildman–Crippen LogP) is 5.88. The van der Waals surface area contributed by atoms with Crippen LogP contribution in [0.1, 0.15) is 18.4 Å². The van der Waals surface area contributed by atoms with Gasteiger partial charge in [-0.05, 0) is 78.4 Å². The molecule has 3 aromatic carbocycles. The van der Waals surface area contributed by atoms with Crippen molar-refractivity contribution in [1.29, 1.82) is 0 Å². The number of rotatable bonds is 8. The Morgan fingerprint density at radius 1 is 1.00 bits per heavy atom. The molecule has 5 rings (SSSR count). The fourth-order valence-corrected chi connectivity index (χ4v) is 4.09. The van der Waals surface area contributed by atoms with Crippen molar-refractivity contribution in [3.63, 3.8) is 0 Å². The zero-order valence-electron chi connectivity index (χ0n) is 19.5. The van der Waals surface area contributed by atoms with E-state index in [4.69, 9.17) is 0 Å². The van der Waals surface area contributed by atoms with E-state index < -0.39 is 18.8 Å². The molecule has 6 nitrogen and oxygen atoms in total. The molecule has 4 aromatic rings. The van der Waals surface area contributed by atoms with E-state index >= 15 is 0 Å². The Kier molecular flexibility index (Phi) is 6.65. The van der Waals surface area contributed by atoms with Crippen molar-refractivity contribution in [2.45, 2.75) is 25.6 Å². The van der Waals surface area contributed by atoms with Gasteiger partial charge >= 0.3 is 12.2 Å². The fourth-order valence-electron chi connectivity index (χ4n) is 4.09. The molecular formula is C27H26F3N5O. The van der Waals surface area contributed by atoms with Crippen LogP contribution in [-0.4, -0.2) is 34.8 Å². The summed E-state index contributed by atoms with van der Waals surface area (Å²) < 4.78 is 38.9. The van der Waals surface area contributed by atoms with E-state index in [1.54, 1.807) is 29.8 Å². The van der Waals surface area contributed by atoms with E-state index in [1.165, 1.54) is 18.4 Å². The standard InChI is InChI=1S/C27H26F3N5O/c28-27(29,30)16-32-26(36)34-22-5-2-6-23(13-22)35-17-33-24-12-21(9-10-25(24)35)20-4-1-3-19(11-20)15-31-14-18-7-8-18/h1-6,9-13,17-18,31H,7-8,14-16H2,(H2,32,34,36). The van der Waals surface area contributed by atoms with Gasteiger partial charge in [0.05, 0.1) is 11.0 Å². The van der Waals surface area contributed by atoms with Crippen LogP contribution in [0.15, 0.2) is 73.1 Å². The van der Waals surface area contributed by atoms with Gasteiger partial charge in [-0.2, -0.15) is 13.2 Å². The van der Waals surface area contributed by atoms with Gasteiger partial charge in [0, 0.05) is 17.9 Å². The SMILES string of the molecule is O=C(NCC(F)(F)F)Nc1cccc(-n2cnc3cc(-c4cccc(CNCC5CC5)c4)ccc32)c1. The number of benzene rings is 3. The summed E-state index contributed by atoms with van der Waals surface area (Å²) in [5.41, 5.74) is 6.20. The summed E-state index contributed by atoms with van der Waals surface area (Å²) in [4.78, 5) is 16.4. The average Bonchev–Trinajstić information content (AvgIpc) is 3.58. The molecule has 1 aliphatic rings. The van der Waals surface area contributed by atoms with Gasteiger partial charge in [0.2, 0.25) is 0 Å². The van der Waals surface area contributed by atoms with Crippen molar-refractivity contribution in [3.8, 4) is 16.8 Å². The minimum absolute atomic E-state index is 0.373. The lowest BCUT2D eigenvalue weighted by Crippen LogP contribution is -2.36. The normalized spacial score (nSPS) is 13.6. The Balaban J connectivity index is 1.31. The Hall–Kier alpha value is -3.85. The highest BCUT2D eigenvalue weighted by Crippen LogP contribution is 2.29. The van der Waals surface area contributed by atoms with Gasteiger partial charge < -0.3 is 16.0 Å². The van der Waals surface area contributed by atoms with Crippen molar-refractivity contribution in [1.82, 2.24) is 20.2 Å². The number of alkyl halides is 3. The molecule has 0 atom stereocenters. The number of nitrogens with one attached hydrogen (secondary N) is 3. The molecule has 36 heavy (non-hydrogen) atoms. The molecule has 0 radical (unpaired) electrons. The molecule has 3 N–H and O–H groups in total. The molecule has 0 spiro atoms. The number of hydrogen-bond acceptors (Lipinski definition) is 3. The number of aromatic nitrogens is 2. The zero-order chi connectivity index (χ0) is 25.1. The molecule has 186 valence electrons. The summed E-state index contributed by atoms with van der Waals surface area (Å²) in [5, 5.41) is 7.76. The van der Waals surface area contributed by atoms with Crippen LogP contribution in [0.5, 0.6) is 0 Å². The Morgan fingerprint density at radius 3 is 2.61 bits per heavy atom. The van der Waals surface area contributed by atoms with Crippen LogP contribution in [0.4, 0.5) is 23.7 Å². The quantitative estimate of drug-likeness (QED) is 0.287. The lowest BCUT2D eigenvalue weighted by Gasteiger charge is -2.11. The highest BCUT2D eigenvalue weighted by atomic mass is 19.4. The summed E-state index contributed by atoms with van der Waals surface area (Å²) in [5.74, 6) is 0.841. The van der Waals surface area contributed by atoms with E-state index in [1.807, 2.05) is 28.8 Å². The fraction of sp³-hybridized carbons (Fsp3) is 0.259. The zero-order valence-corrected chi connectivity index (χ0v) is 19.5. The number of urea groups is 1. The maximum Gasteiger partial charge on any atom is 0.405 e. The second kappa shape index (κ2) is 10.0. The largest absolute Gasteiger partial charge is 0.405 e. The van der Waals surface area contributed by atoms with E-state index in [0.717, 1.165) is 46.9 Å². The Labute approximate surface area is 206 Å². The van der Waals surface area contributed by atoms with Gasteiger partial charge in [0.25, 0.3) is 0 Å². The molecule has 0 aliphatic heterocycles. The highest BCUT2D eigenvalue weighted by molar-refractivity contribution is 5.90. The smallest absolute Gasteiger partial charge is 0.329 e. The number of carbonyl (C=O) groups is 1. The third-order valence-corrected chi connectivity index (χ3v) is 6.10. The van der Waals surface area contributed by atoms with Crippen LogP contribution >= 0.6 is 0 Å². The minimum atomic E-state index is -4.47. The monoisotopic (exact) mass is 493 g/mol. The summed E-state index contributed by atoms with van der Waals surface area (Å²) in [7, 11) is 0. The lowest BCUT2D eigenvalue weighted by atomic mass is 10.0. The molecule has 0 bridgehead atoms. The number of imidazole rings is 1. The number of amides is 2. The Morgan fingerprint density at radius 2 is 1.81 bits per heavy atom. The molecule has 9 heteroatoms. The van der Waals surface area contributed by atoms with E-state index in [-0.39, 0.29) is 0 Å². The van der Waals surface area contributed by atoms with Gasteiger partial charge in [-0.25, -0.2) is 9.78 Å². The molecule has 2 amide bonds. The van der Waals surface area contributed by atoms with Crippen molar-refractivity contribution in [3.05, 3.63) is 78.6 Å². The Bertz CT molecular complexity index is 1380. The molecular weight excluding hydrogens is 467 g/mol. The van der Waals surface area contributed by atoms with Gasteiger partial charge in [-0.1, -0.05) is 30.3 Å². The van der Waals surface area contributed by atoms with Gasteiger partial charge in [-0.15, -0.1) is 0 Å². The summed E-state index contributed by atoms with van der Waals surface area (Å²) in [6.07, 6.45) is -0.118. The van der Waals surface area contributed by atoms with Gasteiger partial charge in [0.1, 0.15) is 12.9 Å². The van der Waals surface area contributed by atoms with Crippen LogP contribution in [0, 0.1) is 5.92 Å². The lowest BCUT2D eigenvalue weighted by molar-refractivity contribution is -0.122. The van der Waals surface area contributed by atoms with Crippen LogP contribution in [0.3, 0.4) is 0 Å². The third-order valence-electron chi connectivity index (χ3n) is 6.10. The molecule has 0 saturated heterocycles. The number of hydrogen-bond donors (Lipinski definition) is 3. The first kappa shape index (κ1) is 23.9. The molecule has 1 aromatic heterocycles.